The van der Waals surface area contributed by atoms with E-state index in [1.165, 1.54) is 0 Å². The Morgan fingerprint density at radius 3 is 2.36 bits per heavy atom. The minimum atomic E-state index is -0.774. The molecule has 0 atom stereocenters. The van der Waals surface area contributed by atoms with Gasteiger partial charge in [-0.25, -0.2) is 0 Å². The van der Waals surface area contributed by atoms with E-state index in [0.717, 1.165) is 13.1 Å². The molecule has 0 amide bonds. The van der Waals surface area contributed by atoms with Crippen LogP contribution in [0.2, 0.25) is 0 Å². The van der Waals surface area contributed by atoms with Gasteiger partial charge in [0.15, 0.2) is 0 Å². The number of nitrogens with zero attached hydrogens (tertiary/aromatic N) is 1. The van der Waals surface area contributed by atoms with Crippen LogP contribution >= 0.6 is 0 Å². The molecule has 0 aromatic carbocycles. The van der Waals surface area contributed by atoms with Crippen molar-refractivity contribution in [3.63, 3.8) is 0 Å². The lowest BCUT2D eigenvalue weighted by Gasteiger charge is -2.31. The van der Waals surface area contributed by atoms with E-state index in [1.807, 2.05) is 0 Å². The van der Waals surface area contributed by atoms with Crippen LogP contribution in [0.1, 0.15) is 13.8 Å². The molecule has 1 N–H and O–H groups in total. The summed E-state index contributed by atoms with van der Waals surface area (Å²) < 4.78 is 11.1. The molecule has 0 bridgehead atoms. The maximum Gasteiger partial charge on any atom is 0.310 e. The molecule has 0 saturated carbocycles. The lowest BCUT2D eigenvalue weighted by atomic mass is 9.93. The Morgan fingerprint density at radius 1 is 1.43 bits per heavy atom. The number of rotatable bonds is 3. The standard InChI is InChI=1S/C9H17NO3S/c1-9(2,8(11)12)7-10-3-5-14(13)6-4-10/h3-7H2,1-2H3,(H,11,12). The van der Waals surface area contributed by atoms with E-state index in [-0.39, 0.29) is 0 Å². The monoisotopic (exact) mass is 219 g/mol. The van der Waals surface area contributed by atoms with E-state index in [4.69, 9.17) is 5.11 Å². The van der Waals surface area contributed by atoms with E-state index in [9.17, 15) is 9.00 Å². The van der Waals surface area contributed by atoms with E-state index in [2.05, 4.69) is 4.90 Å². The molecule has 4 nitrogen and oxygen atoms in total. The second-order valence-electron chi connectivity index (χ2n) is 4.31. The summed E-state index contributed by atoms with van der Waals surface area (Å²) in [4.78, 5) is 13.0. The van der Waals surface area contributed by atoms with Gasteiger partial charge in [-0.05, 0) is 13.8 Å². The average Bonchev–Trinajstić information content (AvgIpc) is 2.08. The van der Waals surface area contributed by atoms with Gasteiger partial charge in [0.2, 0.25) is 0 Å². The lowest BCUT2D eigenvalue weighted by molar-refractivity contribution is -0.147. The van der Waals surface area contributed by atoms with Crippen molar-refractivity contribution in [1.29, 1.82) is 0 Å². The first-order valence-electron chi connectivity index (χ1n) is 4.72. The molecule has 14 heavy (non-hydrogen) atoms. The van der Waals surface area contributed by atoms with Crippen molar-refractivity contribution < 1.29 is 14.1 Å². The number of aliphatic carboxylic acids is 1. The van der Waals surface area contributed by atoms with Crippen LogP contribution in [-0.2, 0) is 15.6 Å². The van der Waals surface area contributed by atoms with Crippen molar-refractivity contribution >= 4 is 16.8 Å². The predicted octanol–water partition coefficient (Wildman–Crippen LogP) is 0.162. The molecule has 1 aliphatic rings. The van der Waals surface area contributed by atoms with E-state index >= 15 is 0 Å². The third-order valence-corrected chi connectivity index (χ3v) is 3.74. The second-order valence-corrected chi connectivity index (χ2v) is 6.01. The van der Waals surface area contributed by atoms with Crippen molar-refractivity contribution in [1.82, 2.24) is 4.90 Å². The molecule has 82 valence electrons. The van der Waals surface area contributed by atoms with Gasteiger partial charge in [0.1, 0.15) is 0 Å². The first-order chi connectivity index (χ1) is 6.42. The maximum atomic E-state index is 11.1. The van der Waals surface area contributed by atoms with Gasteiger partial charge >= 0.3 is 5.97 Å². The number of hydrogen-bond acceptors (Lipinski definition) is 3. The lowest BCUT2D eigenvalue weighted by Crippen LogP contribution is -2.45. The highest BCUT2D eigenvalue weighted by atomic mass is 32.2. The zero-order chi connectivity index (χ0) is 10.8. The van der Waals surface area contributed by atoms with Gasteiger partial charge in [-0.15, -0.1) is 0 Å². The van der Waals surface area contributed by atoms with Gasteiger partial charge in [0.05, 0.1) is 5.41 Å². The molecular formula is C9H17NO3S. The molecule has 0 aromatic heterocycles. The van der Waals surface area contributed by atoms with Gasteiger partial charge in [-0.1, -0.05) is 0 Å². The van der Waals surface area contributed by atoms with Crippen molar-refractivity contribution in [3.8, 4) is 0 Å². The quantitative estimate of drug-likeness (QED) is 0.734. The fourth-order valence-corrected chi connectivity index (χ4v) is 2.59. The number of carboxylic acid groups (broad SMARTS) is 1. The van der Waals surface area contributed by atoms with E-state index < -0.39 is 22.2 Å². The topological polar surface area (TPSA) is 57.6 Å². The Balaban J connectivity index is 2.45. The molecule has 0 aromatic rings. The molecule has 0 radical (unpaired) electrons. The molecule has 1 heterocycles. The number of carbonyl (C=O) groups is 1. The Morgan fingerprint density at radius 2 is 1.93 bits per heavy atom. The van der Waals surface area contributed by atoms with E-state index in [1.54, 1.807) is 13.8 Å². The van der Waals surface area contributed by atoms with Crippen molar-refractivity contribution in [3.05, 3.63) is 0 Å². The summed E-state index contributed by atoms with van der Waals surface area (Å²) in [7, 11) is -0.689. The summed E-state index contributed by atoms with van der Waals surface area (Å²) in [5.41, 5.74) is -0.709. The minimum Gasteiger partial charge on any atom is -0.481 e. The molecule has 1 saturated heterocycles. The minimum absolute atomic E-state index is 0.541. The number of hydrogen-bond donors (Lipinski definition) is 1. The average molecular weight is 219 g/mol. The van der Waals surface area contributed by atoms with Crippen LogP contribution in [0, 0.1) is 5.41 Å². The summed E-state index contributed by atoms with van der Waals surface area (Å²) >= 11 is 0. The molecule has 0 unspecified atom stereocenters. The number of carboxylic acids is 1. The first kappa shape index (κ1) is 11.7. The van der Waals surface area contributed by atoms with Gasteiger partial charge in [0, 0.05) is 41.9 Å². The van der Waals surface area contributed by atoms with Crippen LogP contribution < -0.4 is 0 Å². The van der Waals surface area contributed by atoms with Gasteiger partial charge in [0.25, 0.3) is 0 Å². The highest BCUT2D eigenvalue weighted by Gasteiger charge is 2.30. The van der Waals surface area contributed by atoms with Crippen LogP contribution in [0.3, 0.4) is 0 Å². The summed E-state index contributed by atoms with van der Waals surface area (Å²) in [5, 5.41) is 8.94. The van der Waals surface area contributed by atoms with Crippen LogP contribution in [0.4, 0.5) is 0 Å². The van der Waals surface area contributed by atoms with Crippen LogP contribution in [0.25, 0.3) is 0 Å². The van der Waals surface area contributed by atoms with Gasteiger partial charge < -0.3 is 10.0 Å². The summed E-state index contributed by atoms with van der Waals surface area (Å²) in [6.45, 7) is 5.49. The molecule has 1 fully saturated rings. The second kappa shape index (κ2) is 4.40. The maximum absolute atomic E-state index is 11.1. The van der Waals surface area contributed by atoms with E-state index in [0.29, 0.717) is 18.1 Å². The molecule has 0 spiro atoms. The Kier molecular flexibility index (Phi) is 3.66. The fraction of sp³-hybridized carbons (Fsp3) is 0.889. The summed E-state index contributed by atoms with van der Waals surface area (Å²) in [6.07, 6.45) is 0. The van der Waals surface area contributed by atoms with Crippen LogP contribution in [-0.4, -0.2) is 51.3 Å². The van der Waals surface area contributed by atoms with Crippen LogP contribution in [0.15, 0.2) is 0 Å². The smallest absolute Gasteiger partial charge is 0.310 e. The van der Waals surface area contributed by atoms with Gasteiger partial charge in [-0.2, -0.15) is 0 Å². The molecular weight excluding hydrogens is 202 g/mol. The third-order valence-electron chi connectivity index (χ3n) is 2.47. The molecule has 5 heteroatoms. The third kappa shape index (κ3) is 3.06. The van der Waals surface area contributed by atoms with Crippen LogP contribution in [0.5, 0.6) is 0 Å². The summed E-state index contributed by atoms with van der Waals surface area (Å²) in [6, 6.07) is 0. The largest absolute Gasteiger partial charge is 0.481 e. The molecule has 1 rings (SSSR count). The normalized spacial score (nSPS) is 21.0. The first-order valence-corrected chi connectivity index (χ1v) is 6.21. The Labute approximate surface area is 86.7 Å². The molecule has 1 aliphatic heterocycles. The zero-order valence-electron chi connectivity index (χ0n) is 8.65. The Hall–Kier alpha value is -0.420. The van der Waals surface area contributed by atoms with Gasteiger partial charge in [-0.3, -0.25) is 9.00 Å². The predicted molar refractivity (Wildman–Crippen MR) is 55.7 cm³/mol. The Bertz CT molecular complexity index is 242. The van der Waals surface area contributed by atoms with Crippen molar-refractivity contribution in [2.45, 2.75) is 13.8 Å². The highest BCUT2D eigenvalue weighted by Crippen LogP contribution is 2.18. The molecule has 0 aliphatic carbocycles. The van der Waals surface area contributed by atoms with Crippen molar-refractivity contribution in [2.24, 2.45) is 5.41 Å². The zero-order valence-corrected chi connectivity index (χ0v) is 9.47. The fourth-order valence-electron chi connectivity index (χ4n) is 1.46. The SMILES string of the molecule is CC(C)(CN1CCS(=O)CC1)C(=O)O. The van der Waals surface area contributed by atoms with Crippen molar-refractivity contribution in [2.75, 3.05) is 31.1 Å². The highest BCUT2D eigenvalue weighted by molar-refractivity contribution is 7.85. The summed E-state index contributed by atoms with van der Waals surface area (Å²) in [5.74, 6) is 0.579.